The van der Waals surface area contributed by atoms with E-state index >= 15 is 0 Å². The zero-order chi connectivity index (χ0) is 14.7. The van der Waals surface area contributed by atoms with Crippen LogP contribution in [0, 0.1) is 5.92 Å². The Morgan fingerprint density at radius 3 is 2.67 bits per heavy atom. The third-order valence-electron chi connectivity index (χ3n) is 4.49. The van der Waals surface area contributed by atoms with Crippen molar-refractivity contribution in [3.63, 3.8) is 0 Å². The quantitative estimate of drug-likeness (QED) is 0.847. The van der Waals surface area contributed by atoms with Crippen LogP contribution in [-0.2, 0) is 0 Å². The van der Waals surface area contributed by atoms with Crippen LogP contribution in [0.15, 0.2) is 18.5 Å². The molecule has 1 aliphatic rings. The van der Waals surface area contributed by atoms with Crippen LogP contribution in [0.25, 0.3) is 11.0 Å². The molecular formula is C17H26N4. The Labute approximate surface area is 126 Å². The largest absolute Gasteiger partial charge is 0.384 e. The maximum absolute atomic E-state index is 4.58. The first-order valence-corrected chi connectivity index (χ1v) is 8.31. The molecule has 0 aromatic carbocycles. The molecule has 0 radical (unpaired) electrons. The summed E-state index contributed by atoms with van der Waals surface area (Å²) in [6, 6.07) is 2.52. The highest BCUT2D eigenvalue weighted by Gasteiger charge is 2.12. The smallest absolute Gasteiger partial charge is 0.158 e. The summed E-state index contributed by atoms with van der Waals surface area (Å²) in [4.78, 5) is 4.58. The number of nitrogens with one attached hydrogen (secondary N) is 1. The van der Waals surface area contributed by atoms with E-state index in [-0.39, 0.29) is 0 Å². The first kappa shape index (κ1) is 14.4. The van der Waals surface area contributed by atoms with Crippen molar-refractivity contribution in [3.8, 4) is 0 Å². The molecule has 0 spiro atoms. The van der Waals surface area contributed by atoms with Gasteiger partial charge in [0.1, 0.15) is 0 Å². The van der Waals surface area contributed by atoms with Crippen molar-refractivity contribution in [1.29, 1.82) is 0 Å². The second-order valence-corrected chi connectivity index (χ2v) is 6.56. The van der Waals surface area contributed by atoms with Crippen molar-refractivity contribution >= 4 is 16.7 Å². The number of anilines is 1. The fourth-order valence-corrected chi connectivity index (χ4v) is 3.24. The molecule has 1 saturated carbocycles. The molecule has 4 nitrogen and oxygen atoms in total. The summed E-state index contributed by atoms with van der Waals surface area (Å²) in [5.74, 6) is 0.821. The number of fused-ring (bicyclic) bond motifs is 1. The van der Waals surface area contributed by atoms with Crippen LogP contribution in [0.1, 0.15) is 58.4 Å². The molecule has 21 heavy (non-hydrogen) atoms. The van der Waals surface area contributed by atoms with Crippen LogP contribution in [0.2, 0.25) is 0 Å². The maximum atomic E-state index is 4.58. The number of pyridine rings is 1. The fourth-order valence-electron chi connectivity index (χ4n) is 3.24. The highest BCUT2D eigenvalue weighted by atomic mass is 15.3. The lowest BCUT2D eigenvalue weighted by Crippen LogP contribution is -2.13. The fraction of sp³-hybridized carbons (Fsp3) is 0.647. The van der Waals surface area contributed by atoms with Gasteiger partial charge in [0.25, 0.3) is 0 Å². The van der Waals surface area contributed by atoms with Crippen molar-refractivity contribution in [3.05, 3.63) is 18.5 Å². The Hall–Kier alpha value is -1.58. The molecule has 0 bridgehead atoms. The number of nitrogens with zero attached hydrogens (tertiary/aromatic N) is 3. The molecule has 2 aromatic heterocycles. The van der Waals surface area contributed by atoms with E-state index in [2.05, 4.69) is 35.3 Å². The van der Waals surface area contributed by atoms with E-state index in [1.807, 2.05) is 17.1 Å². The predicted molar refractivity (Wildman–Crippen MR) is 87.6 cm³/mol. The molecule has 0 saturated heterocycles. The molecule has 0 amide bonds. The molecule has 3 rings (SSSR count). The van der Waals surface area contributed by atoms with Gasteiger partial charge in [-0.1, -0.05) is 25.7 Å². The molecule has 1 N–H and O–H groups in total. The number of hydrogen-bond donors (Lipinski definition) is 1. The highest BCUT2D eigenvalue weighted by molar-refractivity contribution is 5.78. The first-order valence-electron chi connectivity index (χ1n) is 8.31. The van der Waals surface area contributed by atoms with Crippen molar-refractivity contribution in [2.75, 3.05) is 11.9 Å². The van der Waals surface area contributed by atoms with Gasteiger partial charge < -0.3 is 5.32 Å². The van der Waals surface area contributed by atoms with E-state index in [9.17, 15) is 0 Å². The van der Waals surface area contributed by atoms with Gasteiger partial charge in [-0.3, -0.25) is 0 Å². The van der Waals surface area contributed by atoms with Crippen LogP contribution < -0.4 is 5.32 Å². The molecule has 0 atom stereocenters. The first-order chi connectivity index (χ1) is 10.2. The maximum Gasteiger partial charge on any atom is 0.158 e. The summed E-state index contributed by atoms with van der Waals surface area (Å²) in [5, 5.41) is 9.12. The topological polar surface area (TPSA) is 42.7 Å². The van der Waals surface area contributed by atoms with Crippen molar-refractivity contribution in [2.24, 2.45) is 5.92 Å². The van der Waals surface area contributed by atoms with E-state index in [0.29, 0.717) is 6.04 Å². The van der Waals surface area contributed by atoms with Gasteiger partial charge in [-0.25, -0.2) is 9.67 Å². The van der Waals surface area contributed by atoms with Gasteiger partial charge in [0.2, 0.25) is 0 Å². The van der Waals surface area contributed by atoms with Crippen molar-refractivity contribution in [1.82, 2.24) is 14.8 Å². The Kier molecular flexibility index (Phi) is 4.42. The van der Waals surface area contributed by atoms with Gasteiger partial charge in [-0.15, -0.1) is 0 Å². The van der Waals surface area contributed by atoms with Gasteiger partial charge in [-0.2, -0.15) is 5.10 Å². The summed E-state index contributed by atoms with van der Waals surface area (Å²) in [7, 11) is 0. The summed E-state index contributed by atoms with van der Waals surface area (Å²) >= 11 is 0. The average Bonchev–Trinajstić information content (AvgIpc) is 2.72. The highest BCUT2D eigenvalue weighted by Crippen LogP contribution is 2.24. The Balaban J connectivity index is 1.67. The zero-order valence-corrected chi connectivity index (χ0v) is 13.2. The lowest BCUT2D eigenvalue weighted by molar-refractivity contribution is 0.483. The molecule has 114 valence electrons. The second kappa shape index (κ2) is 6.46. The van der Waals surface area contributed by atoms with E-state index in [1.165, 1.54) is 38.5 Å². The van der Waals surface area contributed by atoms with Gasteiger partial charge in [0.05, 0.1) is 18.1 Å². The molecule has 1 aliphatic carbocycles. The molecule has 2 heterocycles. The lowest BCUT2D eigenvalue weighted by Gasteiger charge is -2.15. The number of aromatic nitrogens is 3. The Bertz CT molecular complexity index is 579. The Morgan fingerprint density at radius 1 is 1.19 bits per heavy atom. The van der Waals surface area contributed by atoms with Crippen LogP contribution >= 0.6 is 0 Å². The summed E-state index contributed by atoms with van der Waals surface area (Å²) in [6.45, 7) is 5.34. The van der Waals surface area contributed by atoms with Crippen LogP contribution in [-0.4, -0.2) is 21.3 Å². The summed E-state index contributed by atoms with van der Waals surface area (Å²) in [5.41, 5.74) is 2.10. The van der Waals surface area contributed by atoms with Crippen LogP contribution in [0.3, 0.4) is 0 Å². The summed E-state index contributed by atoms with van der Waals surface area (Å²) in [6.07, 6.45) is 12.2. The van der Waals surface area contributed by atoms with Gasteiger partial charge in [-0.05, 0) is 38.7 Å². The van der Waals surface area contributed by atoms with Crippen molar-refractivity contribution < 1.29 is 0 Å². The van der Waals surface area contributed by atoms with Gasteiger partial charge >= 0.3 is 0 Å². The molecular weight excluding hydrogens is 260 g/mol. The molecule has 2 aromatic rings. The molecule has 0 aliphatic heterocycles. The number of rotatable bonds is 4. The molecule has 1 fully saturated rings. The second-order valence-electron chi connectivity index (χ2n) is 6.56. The van der Waals surface area contributed by atoms with Gasteiger partial charge in [0.15, 0.2) is 5.65 Å². The lowest BCUT2D eigenvalue weighted by atomic mass is 10.0. The van der Waals surface area contributed by atoms with Gasteiger partial charge in [0, 0.05) is 18.0 Å². The third-order valence-corrected chi connectivity index (χ3v) is 4.49. The standard InChI is InChI=1S/C17H26N4/c1-13(2)21-17-15(11-20-21)9-16(12-19-17)18-10-14-7-5-3-4-6-8-14/h9,11-14,18H,3-8,10H2,1-2H3. The van der Waals surface area contributed by atoms with E-state index in [0.717, 1.165) is 29.2 Å². The Morgan fingerprint density at radius 2 is 1.95 bits per heavy atom. The van der Waals surface area contributed by atoms with E-state index in [4.69, 9.17) is 0 Å². The van der Waals surface area contributed by atoms with Crippen molar-refractivity contribution in [2.45, 2.75) is 58.4 Å². The predicted octanol–water partition coefficient (Wildman–Crippen LogP) is 4.39. The normalized spacial score (nSPS) is 17.3. The molecule has 4 heteroatoms. The minimum atomic E-state index is 0.347. The molecule has 0 unspecified atom stereocenters. The zero-order valence-electron chi connectivity index (χ0n) is 13.2. The monoisotopic (exact) mass is 286 g/mol. The minimum Gasteiger partial charge on any atom is -0.384 e. The van der Waals surface area contributed by atoms with Crippen LogP contribution in [0.5, 0.6) is 0 Å². The summed E-state index contributed by atoms with van der Waals surface area (Å²) < 4.78 is 1.98. The van der Waals surface area contributed by atoms with Crippen LogP contribution in [0.4, 0.5) is 5.69 Å². The van der Waals surface area contributed by atoms with E-state index in [1.54, 1.807) is 0 Å². The SMILES string of the molecule is CC(C)n1ncc2cc(NCC3CCCCCC3)cnc21. The van der Waals surface area contributed by atoms with E-state index < -0.39 is 0 Å². The third kappa shape index (κ3) is 3.36. The number of hydrogen-bond acceptors (Lipinski definition) is 3. The average molecular weight is 286 g/mol. The minimum absolute atomic E-state index is 0.347.